The molecule has 5 nitrogen and oxygen atoms in total. The molecular formula is C19H19Cl2NO4. The zero-order valence-electron chi connectivity index (χ0n) is 14.3. The minimum atomic E-state index is -0.222. The highest BCUT2D eigenvalue weighted by Gasteiger charge is 2.26. The van der Waals surface area contributed by atoms with Gasteiger partial charge in [0, 0.05) is 12.1 Å². The van der Waals surface area contributed by atoms with Gasteiger partial charge in [-0.1, -0.05) is 35.3 Å². The molecule has 7 heteroatoms. The molecule has 1 saturated heterocycles. The summed E-state index contributed by atoms with van der Waals surface area (Å²) in [5, 5.41) is 0.787. The number of carbonyl (C=O) groups is 1. The number of nitrogens with zero attached hydrogens (tertiary/aromatic N) is 1. The second-order valence-electron chi connectivity index (χ2n) is 5.83. The Labute approximate surface area is 162 Å². The fourth-order valence-electron chi connectivity index (χ4n) is 2.74. The monoisotopic (exact) mass is 395 g/mol. The lowest BCUT2D eigenvalue weighted by Crippen LogP contribution is -2.47. The van der Waals surface area contributed by atoms with Crippen molar-refractivity contribution in [2.45, 2.75) is 6.10 Å². The minimum Gasteiger partial charge on any atom is -0.493 e. The average Bonchev–Trinajstić information content (AvgIpc) is 2.68. The van der Waals surface area contributed by atoms with Crippen LogP contribution in [0.15, 0.2) is 42.5 Å². The summed E-state index contributed by atoms with van der Waals surface area (Å²) in [7, 11) is 1.59. The number of hydrogen-bond acceptors (Lipinski definition) is 4. The van der Waals surface area contributed by atoms with Crippen molar-refractivity contribution in [2.24, 2.45) is 0 Å². The first kappa shape index (κ1) is 18.8. The van der Waals surface area contributed by atoms with Gasteiger partial charge in [0.25, 0.3) is 5.91 Å². The quantitative estimate of drug-likeness (QED) is 0.769. The Bertz CT molecular complexity index is 784. The molecule has 3 rings (SSSR count). The van der Waals surface area contributed by atoms with Crippen LogP contribution in [0.4, 0.5) is 0 Å². The number of rotatable bonds is 5. The number of amides is 1. The molecule has 0 N–H and O–H groups in total. The highest BCUT2D eigenvalue weighted by Crippen LogP contribution is 2.27. The van der Waals surface area contributed by atoms with Crippen LogP contribution in [0.5, 0.6) is 11.5 Å². The van der Waals surface area contributed by atoms with Gasteiger partial charge >= 0.3 is 0 Å². The van der Waals surface area contributed by atoms with Gasteiger partial charge in [0.15, 0.2) is 11.5 Å². The highest BCUT2D eigenvalue weighted by atomic mass is 35.5. The first-order chi connectivity index (χ1) is 12.6. The van der Waals surface area contributed by atoms with Gasteiger partial charge in [-0.05, 0) is 30.3 Å². The van der Waals surface area contributed by atoms with Crippen molar-refractivity contribution < 1.29 is 19.0 Å². The van der Waals surface area contributed by atoms with Gasteiger partial charge < -0.3 is 19.1 Å². The predicted molar refractivity (Wildman–Crippen MR) is 101 cm³/mol. The third-order valence-corrected chi connectivity index (χ3v) is 4.83. The summed E-state index contributed by atoms with van der Waals surface area (Å²) in [5.74, 6) is 1.20. The SMILES string of the molecule is COc1ccccc1OC[C@H]1CN(C(=O)c2ccc(Cl)c(Cl)c2)CCO1. The molecule has 1 fully saturated rings. The van der Waals surface area contributed by atoms with E-state index < -0.39 is 0 Å². The molecule has 0 aliphatic carbocycles. The standard InChI is InChI=1S/C19H19Cl2NO4/c1-24-17-4-2-3-5-18(17)26-12-14-11-22(8-9-25-14)19(23)13-6-7-15(20)16(21)10-13/h2-7,10,14H,8-9,11-12H2,1H3/t14-/m1/s1. The normalized spacial score (nSPS) is 17.0. The van der Waals surface area contributed by atoms with E-state index in [0.29, 0.717) is 53.4 Å². The number of halogens is 2. The third-order valence-electron chi connectivity index (χ3n) is 4.09. The van der Waals surface area contributed by atoms with Gasteiger partial charge in [0.05, 0.1) is 30.3 Å². The second-order valence-corrected chi connectivity index (χ2v) is 6.65. The Kier molecular flexibility index (Phi) is 6.25. The van der Waals surface area contributed by atoms with Gasteiger partial charge in [0.1, 0.15) is 12.7 Å². The van der Waals surface area contributed by atoms with E-state index in [2.05, 4.69) is 0 Å². The molecule has 0 bridgehead atoms. The fraction of sp³-hybridized carbons (Fsp3) is 0.316. The lowest BCUT2D eigenvalue weighted by molar-refractivity contribution is -0.0403. The summed E-state index contributed by atoms with van der Waals surface area (Å²) < 4.78 is 16.8. The van der Waals surface area contributed by atoms with E-state index in [4.69, 9.17) is 37.4 Å². The Balaban J connectivity index is 1.61. The number of benzene rings is 2. The lowest BCUT2D eigenvalue weighted by Gasteiger charge is -2.33. The molecule has 0 spiro atoms. The summed E-state index contributed by atoms with van der Waals surface area (Å²) in [6, 6.07) is 12.3. The molecule has 0 saturated carbocycles. The summed E-state index contributed by atoms with van der Waals surface area (Å²) in [6.07, 6.45) is -0.222. The van der Waals surface area contributed by atoms with Crippen molar-refractivity contribution in [1.82, 2.24) is 4.90 Å². The average molecular weight is 396 g/mol. The first-order valence-electron chi connectivity index (χ1n) is 8.20. The molecule has 0 radical (unpaired) electrons. The van der Waals surface area contributed by atoms with Crippen LogP contribution in [0.1, 0.15) is 10.4 Å². The Hall–Kier alpha value is -1.95. The molecule has 1 aliphatic rings. The number of ether oxygens (including phenoxy) is 3. The second kappa shape index (κ2) is 8.62. The largest absolute Gasteiger partial charge is 0.493 e. The smallest absolute Gasteiger partial charge is 0.254 e. The molecule has 0 unspecified atom stereocenters. The van der Waals surface area contributed by atoms with E-state index in [-0.39, 0.29) is 12.0 Å². The maximum absolute atomic E-state index is 12.7. The summed E-state index contributed by atoms with van der Waals surface area (Å²) in [5.41, 5.74) is 0.505. The van der Waals surface area contributed by atoms with E-state index in [0.717, 1.165) is 0 Å². The van der Waals surface area contributed by atoms with Crippen LogP contribution in [-0.2, 0) is 4.74 Å². The van der Waals surface area contributed by atoms with Crippen LogP contribution in [0, 0.1) is 0 Å². The van der Waals surface area contributed by atoms with Crippen molar-refractivity contribution in [1.29, 1.82) is 0 Å². The van der Waals surface area contributed by atoms with Crippen molar-refractivity contribution in [3.63, 3.8) is 0 Å². The van der Waals surface area contributed by atoms with Crippen LogP contribution >= 0.6 is 23.2 Å². The van der Waals surface area contributed by atoms with Gasteiger partial charge in [-0.2, -0.15) is 0 Å². The predicted octanol–water partition coefficient (Wildman–Crippen LogP) is 3.92. The highest BCUT2D eigenvalue weighted by molar-refractivity contribution is 6.42. The molecule has 2 aromatic rings. The zero-order chi connectivity index (χ0) is 18.5. The summed E-state index contributed by atoms with van der Waals surface area (Å²) in [4.78, 5) is 14.4. The van der Waals surface area contributed by atoms with E-state index in [1.807, 2.05) is 24.3 Å². The maximum Gasteiger partial charge on any atom is 0.254 e. The zero-order valence-corrected chi connectivity index (χ0v) is 15.8. The lowest BCUT2D eigenvalue weighted by atomic mass is 10.1. The molecule has 138 valence electrons. The van der Waals surface area contributed by atoms with Crippen molar-refractivity contribution in [2.75, 3.05) is 33.4 Å². The molecule has 1 atom stereocenters. The Morgan fingerprint density at radius 2 is 1.96 bits per heavy atom. The number of hydrogen-bond donors (Lipinski definition) is 0. The van der Waals surface area contributed by atoms with Gasteiger partial charge in [-0.15, -0.1) is 0 Å². The molecule has 1 amide bonds. The summed E-state index contributed by atoms with van der Waals surface area (Å²) in [6.45, 7) is 1.73. The van der Waals surface area contributed by atoms with E-state index in [1.54, 1.807) is 30.2 Å². The van der Waals surface area contributed by atoms with Gasteiger partial charge in [0.2, 0.25) is 0 Å². The number of para-hydroxylation sites is 2. The number of morpholine rings is 1. The van der Waals surface area contributed by atoms with Crippen molar-refractivity contribution in [3.05, 3.63) is 58.1 Å². The number of methoxy groups -OCH3 is 1. The van der Waals surface area contributed by atoms with E-state index >= 15 is 0 Å². The molecule has 26 heavy (non-hydrogen) atoms. The van der Waals surface area contributed by atoms with Crippen LogP contribution in [0.2, 0.25) is 10.0 Å². The number of carbonyl (C=O) groups excluding carboxylic acids is 1. The van der Waals surface area contributed by atoms with Crippen LogP contribution in [0.25, 0.3) is 0 Å². The molecule has 1 heterocycles. The van der Waals surface area contributed by atoms with Gasteiger partial charge in [-0.3, -0.25) is 4.79 Å². The van der Waals surface area contributed by atoms with Crippen LogP contribution in [-0.4, -0.2) is 50.3 Å². The first-order valence-corrected chi connectivity index (χ1v) is 8.96. The van der Waals surface area contributed by atoms with Crippen LogP contribution < -0.4 is 9.47 Å². The third kappa shape index (κ3) is 4.41. The molecular weight excluding hydrogens is 377 g/mol. The summed E-state index contributed by atoms with van der Waals surface area (Å²) >= 11 is 11.9. The van der Waals surface area contributed by atoms with Crippen LogP contribution in [0.3, 0.4) is 0 Å². The fourth-order valence-corrected chi connectivity index (χ4v) is 3.04. The van der Waals surface area contributed by atoms with E-state index in [9.17, 15) is 4.79 Å². The molecule has 1 aliphatic heterocycles. The Morgan fingerprint density at radius 3 is 2.69 bits per heavy atom. The Morgan fingerprint density at radius 1 is 1.19 bits per heavy atom. The van der Waals surface area contributed by atoms with Crippen molar-refractivity contribution >= 4 is 29.1 Å². The molecule has 0 aromatic heterocycles. The minimum absolute atomic E-state index is 0.103. The van der Waals surface area contributed by atoms with E-state index in [1.165, 1.54) is 0 Å². The van der Waals surface area contributed by atoms with Crippen molar-refractivity contribution in [3.8, 4) is 11.5 Å². The topological polar surface area (TPSA) is 48.0 Å². The molecule has 2 aromatic carbocycles. The maximum atomic E-state index is 12.7. The van der Waals surface area contributed by atoms with Gasteiger partial charge in [-0.25, -0.2) is 0 Å².